The van der Waals surface area contributed by atoms with Crippen LogP contribution in [0.1, 0.15) is 37.3 Å². The third kappa shape index (κ3) is 3.70. The van der Waals surface area contributed by atoms with Crippen molar-refractivity contribution in [3.63, 3.8) is 0 Å². The summed E-state index contributed by atoms with van der Waals surface area (Å²) in [6.07, 6.45) is 1.46. The lowest BCUT2D eigenvalue weighted by atomic mass is 9.69. The zero-order valence-electron chi connectivity index (χ0n) is 14.4. The van der Waals surface area contributed by atoms with Gasteiger partial charge in [-0.15, -0.1) is 0 Å². The molecule has 0 saturated heterocycles. The minimum Gasteiger partial charge on any atom is -0.497 e. The van der Waals surface area contributed by atoms with Crippen LogP contribution in [0.5, 0.6) is 11.5 Å². The van der Waals surface area contributed by atoms with Crippen molar-refractivity contribution in [2.45, 2.75) is 31.6 Å². The van der Waals surface area contributed by atoms with Crippen molar-refractivity contribution in [2.24, 2.45) is 0 Å². The van der Waals surface area contributed by atoms with Crippen LogP contribution in [0.4, 0.5) is 0 Å². The van der Waals surface area contributed by atoms with Crippen LogP contribution in [-0.2, 0) is 10.2 Å². The zero-order chi connectivity index (χ0) is 17.6. The van der Waals surface area contributed by atoms with Crippen molar-refractivity contribution in [1.82, 2.24) is 0 Å². The van der Waals surface area contributed by atoms with E-state index in [2.05, 4.69) is 6.92 Å². The van der Waals surface area contributed by atoms with Crippen molar-refractivity contribution >= 4 is 5.97 Å². The normalized spacial score (nSPS) is 11.1. The standard InChI is InChI=1S/C20H24O4/c1-4-20(14-13-19(21)22,15-5-9-17(23-2)10-6-15)16-7-11-18(24-3)12-8-16/h5-12H,4,13-14H2,1-3H3,(H,21,22). The molecule has 2 aromatic rings. The lowest BCUT2D eigenvalue weighted by molar-refractivity contribution is -0.137. The summed E-state index contributed by atoms with van der Waals surface area (Å²) >= 11 is 0. The third-order valence-electron chi connectivity index (χ3n) is 4.65. The highest BCUT2D eigenvalue weighted by Gasteiger charge is 2.33. The Morgan fingerprint density at radius 3 is 1.62 bits per heavy atom. The van der Waals surface area contributed by atoms with Gasteiger partial charge in [-0.2, -0.15) is 0 Å². The molecule has 0 aromatic heterocycles. The molecule has 0 atom stereocenters. The molecule has 0 aliphatic rings. The second-order valence-corrected chi connectivity index (χ2v) is 5.79. The van der Waals surface area contributed by atoms with Crippen molar-refractivity contribution in [3.05, 3.63) is 59.7 Å². The van der Waals surface area contributed by atoms with Crippen LogP contribution >= 0.6 is 0 Å². The average Bonchev–Trinajstić information content (AvgIpc) is 2.63. The molecule has 4 nitrogen and oxygen atoms in total. The van der Waals surface area contributed by atoms with Gasteiger partial charge in [0.1, 0.15) is 11.5 Å². The fourth-order valence-electron chi connectivity index (χ4n) is 3.18. The number of aliphatic carboxylic acids is 1. The Bertz CT molecular complexity index is 612. The number of carboxylic acids is 1. The number of benzene rings is 2. The predicted molar refractivity (Wildman–Crippen MR) is 93.9 cm³/mol. The molecule has 2 rings (SSSR count). The maximum absolute atomic E-state index is 11.2. The van der Waals surface area contributed by atoms with Crippen LogP contribution < -0.4 is 9.47 Å². The van der Waals surface area contributed by atoms with Gasteiger partial charge in [0.25, 0.3) is 0 Å². The van der Waals surface area contributed by atoms with Crippen LogP contribution in [0, 0.1) is 0 Å². The maximum Gasteiger partial charge on any atom is 0.303 e. The fraction of sp³-hybridized carbons (Fsp3) is 0.350. The van der Waals surface area contributed by atoms with E-state index in [0.29, 0.717) is 6.42 Å². The van der Waals surface area contributed by atoms with E-state index in [9.17, 15) is 9.90 Å². The highest BCUT2D eigenvalue weighted by atomic mass is 16.5. The Morgan fingerprint density at radius 2 is 1.33 bits per heavy atom. The summed E-state index contributed by atoms with van der Waals surface area (Å²) in [5.74, 6) is 0.795. The average molecular weight is 328 g/mol. The first-order valence-corrected chi connectivity index (χ1v) is 8.06. The van der Waals surface area contributed by atoms with Crippen LogP contribution in [0.2, 0.25) is 0 Å². The van der Waals surface area contributed by atoms with Crippen LogP contribution in [0.25, 0.3) is 0 Å². The molecular weight excluding hydrogens is 304 g/mol. The number of carbonyl (C=O) groups is 1. The fourth-order valence-corrected chi connectivity index (χ4v) is 3.18. The molecule has 1 N–H and O–H groups in total. The monoisotopic (exact) mass is 328 g/mol. The van der Waals surface area contributed by atoms with Gasteiger partial charge in [-0.3, -0.25) is 4.79 Å². The molecule has 0 unspecified atom stereocenters. The molecule has 128 valence electrons. The molecule has 0 radical (unpaired) electrons. The van der Waals surface area contributed by atoms with Gasteiger partial charge in [0, 0.05) is 11.8 Å². The summed E-state index contributed by atoms with van der Waals surface area (Å²) in [4.78, 5) is 11.2. The number of hydrogen-bond donors (Lipinski definition) is 1. The number of methoxy groups -OCH3 is 2. The van der Waals surface area contributed by atoms with Crippen LogP contribution in [0.15, 0.2) is 48.5 Å². The second kappa shape index (κ2) is 7.86. The van der Waals surface area contributed by atoms with Crippen molar-refractivity contribution in [2.75, 3.05) is 14.2 Å². The van der Waals surface area contributed by atoms with Gasteiger partial charge in [0.2, 0.25) is 0 Å². The summed E-state index contributed by atoms with van der Waals surface area (Å²) in [6.45, 7) is 2.09. The van der Waals surface area contributed by atoms with Gasteiger partial charge in [-0.05, 0) is 48.2 Å². The minimum absolute atomic E-state index is 0.117. The summed E-state index contributed by atoms with van der Waals surface area (Å²) in [5, 5.41) is 9.19. The molecule has 2 aromatic carbocycles. The highest BCUT2D eigenvalue weighted by molar-refractivity contribution is 5.67. The third-order valence-corrected chi connectivity index (χ3v) is 4.65. The van der Waals surface area contributed by atoms with Crippen molar-refractivity contribution in [1.29, 1.82) is 0 Å². The quantitative estimate of drug-likeness (QED) is 0.786. The highest BCUT2D eigenvalue weighted by Crippen LogP contribution is 2.41. The van der Waals surface area contributed by atoms with E-state index in [0.717, 1.165) is 29.0 Å². The lowest BCUT2D eigenvalue weighted by Gasteiger charge is -2.34. The lowest BCUT2D eigenvalue weighted by Crippen LogP contribution is -2.28. The molecule has 0 fully saturated rings. The van der Waals surface area contributed by atoms with E-state index in [4.69, 9.17) is 9.47 Å². The van der Waals surface area contributed by atoms with E-state index < -0.39 is 5.97 Å². The Morgan fingerprint density at radius 1 is 0.917 bits per heavy atom. The molecule has 0 aliphatic heterocycles. The van der Waals surface area contributed by atoms with E-state index in [1.54, 1.807) is 14.2 Å². The minimum atomic E-state index is -0.783. The molecule has 4 heteroatoms. The van der Waals surface area contributed by atoms with E-state index in [1.165, 1.54) is 0 Å². The molecule has 0 aliphatic carbocycles. The molecule has 0 spiro atoms. The topological polar surface area (TPSA) is 55.8 Å². The summed E-state index contributed by atoms with van der Waals surface area (Å²) in [7, 11) is 3.27. The molecular formula is C20H24O4. The molecule has 24 heavy (non-hydrogen) atoms. The second-order valence-electron chi connectivity index (χ2n) is 5.79. The van der Waals surface area contributed by atoms with Crippen molar-refractivity contribution in [3.8, 4) is 11.5 Å². The SMILES string of the molecule is CCC(CCC(=O)O)(c1ccc(OC)cc1)c1ccc(OC)cc1. The molecule has 0 saturated carbocycles. The Hall–Kier alpha value is -2.49. The predicted octanol–water partition coefficient (Wildman–Crippen LogP) is 4.26. The number of hydrogen-bond acceptors (Lipinski definition) is 3. The van der Waals surface area contributed by atoms with Crippen LogP contribution in [-0.4, -0.2) is 25.3 Å². The van der Waals surface area contributed by atoms with E-state index in [-0.39, 0.29) is 11.8 Å². The van der Waals surface area contributed by atoms with E-state index >= 15 is 0 Å². The van der Waals surface area contributed by atoms with Gasteiger partial charge in [-0.25, -0.2) is 0 Å². The van der Waals surface area contributed by atoms with Crippen LogP contribution in [0.3, 0.4) is 0 Å². The molecule has 0 heterocycles. The summed E-state index contributed by atoms with van der Waals surface area (Å²) in [6, 6.07) is 15.8. The first kappa shape index (κ1) is 17.9. The van der Waals surface area contributed by atoms with Gasteiger partial charge in [-0.1, -0.05) is 31.2 Å². The van der Waals surface area contributed by atoms with Gasteiger partial charge in [0.15, 0.2) is 0 Å². The Kier molecular flexibility index (Phi) is 5.85. The summed E-state index contributed by atoms with van der Waals surface area (Å²) in [5.41, 5.74) is 1.84. The zero-order valence-corrected chi connectivity index (χ0v) is 14.4. The largest absolute Gasteiger partial charge is 0.497 e. The maximum atomic E-state index is 11.2. The summed E-state index contributed by atoms with van der Waals surface area (Å²) < 4.78 is 10.5. The molecule has 0 bridgehead atoms. The van der Waals surface area contributed by atoms with Crippen molar-refractivity contribution < 1.29 is 19.4 Å². The number of ether oxygens (including phenoxy) is 2. The van der Waals surface area contributed by atoms with E-state index in [1.807, 2.05) is 48.5 Å². The van der Waals surface area contributed by atoms with Gasteiger partial charge in [0.05, 0.1) is 14.2 Å². The van der Waals surface area contributed by atoms with Gasteiger partial charge < -0.3 is 14.6 Å². The first-order valence-electron chi connectivity index (χ1n) is 8.06. The van der Waals surface area contributed by atoms with Gasteiger partial charge >= 0.3 is 5.97 Å². The first-order chi connectivity index (χ1) is 11.6. The Labute approximate surface area is 143 Å². The smallest absolute Gasteiger partial charge is 0.303 e. The Balaban J connectivity index is 2.50. The number of rotatable bonds is 8. The number of carboxylic acid groups (broad SMARTS) is 1. The molecule has 0 amide bonds.